The van der Waals surface area contributed by atoms with Gasteiger partial charge in [-0.2, -0.15) is 0 Å². The predicted molar refractivity (Wildman–Crippen MR) is 67.1 cm³/mol. The van der Waals surface area contributed by atoms with Crippen molar-refractivity contribution < 1.29 is 0 Å². The number of nitrogens with one attached hydrogen (secondary N) is 1. The lowest BCUT2D eigenvalue weighted by molar-refractivity contribution is 0.642. The maximum Gasteiger partial charge on any atom is 0.344 e. The average molecular weight is 264 g/mol. The summed E-state index contributed by atoms with van der Waals surface area (Å²) in [7, 11) is 0. The van der Waals surface area contributed by atoms with E-state index in [4.69, 9.17) is 5.73 Å². The van der Waals surface area contributed by atoms with Gasteiger partial charge in [-0.3, -0.25) is 9.55 Å². The minimum atomic E-state index is -0.136. The molecule has 1 saturated carbocycles. The van der Waals surface area contributed by atoms with Crippen LogP contribution in [0.1, 0.15) is 24.6 Å². The van der Waals surface area contributed by atoms with Crippen LogP contribution in [-0.2, 0) is 5.75 Å². The highest BCUT2D eigenvalue weighted by Crippen LogP contribution is 2.36. The summed E-state index contributed by atoms with van der Waals surface area (Å²) in [6.45, 7) is 0. The number of anilines is 1. The minimum absolute atomic E-state index is 0.136. The lowest BCUT2D eigenvalue weighted by Crippen LogP contribution is -2.16. The van der Waals surface area contributed by atoms with Crippen LogP contribution in [0.15, 0.2) is 22.3 Å². The average Bonchev–Trinajstić information content (AvgIpc) is 3.13. The number of H-pyrrole nitrogens is 1. The third-order valence-electron chi connectivity index (χ3n) is 2.66. The van der Waals surface area contributed by atoms with Crippen molar-refractivity contribution in [2.75, 3.05) is 5.73 Å². The van der Waals surface area contributed by atoms with Gasteiger partial charge in [0.25, 0.3) is 0 Å². The van der Waals surface area contributed by atoms with Crippen molar-refractivity contribution in [2.24, 2.45) is 0 Å². The zero-order valence-electron chi connectivity index (χ0n) is 9.54. The number of rotatable bonds is 4. The van der Waals surface area contributed by atoms with Gasteiger partial charge in [-0.15, -0.1) is 5.10 Å². The molecule has 2 heterocycles. The lowest BCUT2D eigenvalue weighted by atomic mass is 10.5. The van der Waals surface area contributed by atoms with E-state index >= 15 is 0 Å². The highest BCUT2D eigenvalue weighted by Gasteiger charge is 2.28. The van der Waals surface area contributed by atoms with Gasteiger partial charge in [-0.1, -0.05) is 11.8 Å². The molecule has 0 amide bonds. The third-order valence-corrected chi connectivity index (χ3v) is 3.64. The first kappa shape index (κ1) is 11.3. The zero-order chi connectivity index (χ0) is 12.5. The van der Waals surface area contributed by atoms with E-state index in [0.717, 1.165) is 18.5 Å². The van der Waals surface area contributed by atoms with E-state index < -0.39 is 0 Å². The van der Waals surface area contributed by atoms with Crippen LogP contribution in [0.25, 0.3) is 0 Å². The number of nitrogens with zero attached hydrogens (tertiary/aromatic N) is 4. The summed E-state index contributed by atoms with van der Waals surface area (Å²) in [5.74, 6) is 1.02. The Balaban J connectivity index is 1.73. The molecule has 0 unspecified atom stereocenters. The van der Waals surface area contributed by atoms with Crippen LogP contribution in [0.5, 0.6) is 0 Å². The van der Waals surface area contributed by atoms with E-state index in [1.54, 1.807) is 10.8 Å². The van der Waals surface area contributed by atoms with Crippen molar-refractivity contribution in [3.05, 3.63) is 28.6 Å². The highest BCUT2D eigenvalue weighted by atomic mass is 32.2. The summed E-state index contributed by atoms with van der Waals surface area (Å²) in [5.41, 5.74) is 6.14. The maximum atomic E-state index is 11.6. The second kappa shape index (κ2) is 4.45. The molecule has 0 atom stereocenters. The van der Waals surface area contributed by atoms with Crippen LogP contribution >= 0.6 is 11.8 Å². The van der Waals surface area contributed by atoms with Crippen molar-refractivity contribution >= 4 is 17.6 Å². The fourth-order valence-corrected chi connectivity index (χ4v) is 2.53. The standard InChI is InChI=1S/C10H12N6OS/c11-8-4-12-6(3-13-8)5-18-10-15-14-9(17)16(10)7-1-2-7/h3-4,7H,1-2,5H2,(H2,11,13)(H,14,17). The molecule has 0 aromatic carbocycles. The maximum absolute atomic E-state index is 11.6. The van der Waals surface area contributed by atoms with Crippen LogP contribution in [0, 0.1) is 0 Å². The number of aromatic nitrogens is 5. The molecule has 2 aromatic heterocycles. The third kappa shape index (κ3) is 2.23. The molecular formula is C10H12N6OS. The number of hydrogen-bond acceptors (Lipinski definition) is 6. The SMILES string of the molecule is Nc1cnc(CSc2n[nH]c(=O)n2C2CC2)cn1. The first-order valence-corrected chi connectivity index (χ1v) is 6.58. The highest BCUT2D eigenvalue weighted by molar-refractivity contribution is 7.98. The van der Waals surface area contributed by atoms with Crippen molar-refractivity contribution in [3.8, 4) is 0 Å². The lowest BCUT2D eigenvalue weighted by Gasteiger charge is -2.02. The molecule has 2 aromatic rings. The predicted octanol–water partition coefficient (Wildman–Crippen LogP) is 0.571. The van der Waals surface area contributed by atoms with Gasteiger partial charge in [0.05, 0.1) is 18.1 Å². The first-order chi connectivity index (χ1) is 8.74. The summed E-state index contributed by atoms with van der Waals surface area (Å²) in [6, 6.07) is 0.316. The molecular weight excluding hydrogens is 252 g/mol. The Morgan fingerprint density at radius 1 is 1.44 bits per heavy atom. The van der Waals surface area contributed by atoms with E-state index in [-0.39, 0.29) is 5.69 Å². The molecule has 0 aliphatic heterocycles. The molecule has 8 heteroatoms. The van der Waals surface area contributed by atoms with E-state index in [2.05, 4.69) is 20.2 Å². The van der Waals surface area contributed by atoms with Gasteiger partial charge in [0.2, 0.25) is 0 Å². The fourth-order valence-electron chi connectivity index (χ4n) is 1.62. The summed E-state index contributed by atoms with van der Waals surface area (Å²) in [6.07, 6.45) is 5.26. The minimum Gasteiger partial charge on any atom is -0.382 e. The normalized spacial score (nSPS) is 14.9. The van der Waals surface area contributed by atoms with E-state index in [0.29, 0.717) is 22.8 Å². The smallest absolute Gasteiger partial charge is 0.344 e. The summed E-state index contributed by atoms with van der Waals surface area (Å²) in [5, 5.41) is 7.22. The molecule has 7 nitrogen and oxygen atoms in total. The van der Waals surface area contributed by atoms with Gasteiger partial charge in [0, 0.05) is 11.8 Å². The van der Waals surface area contributed by atoms with Gasteiger partial charge in [-0.25, -0.2) is 14.9 Å². The topological polar surface area (TPSA) is 102 Å². The van der Waals surface area contributed by atoms with Gasteiger partial charge < -0.3 is 5.73 Å². The molecule has 0 bridgehead atoms. The van der Waals surface area contributed by atoms with Gasteiger partial charge >= 0.3 is 5.69 Å². The van der Waals surface area contributed by atoms with E-state index in [1.807, 2.05) is 0 Å². The second-order valence-electron chi connectivity index (χ2n) is 4.13. The van der Waals surface area contributed by atoms with Crippen LogP contribution in [0.4, 0.5) is 5.82 Å². The Morgan fingerprint density at radius 2 is 2.28 bits per heavy atom. The number of thioether (sulfide) groups is 1. The van der Waals surface area contributed by atoms with Gasteiger partial charge in [-0.05, 0) is 12.8 Å². The molecule has 3 N–H and O–H groups in total. The van der Waals surface area contributed by atoms with Crippen LogP contribution in [0.2, 0.25) is 0 Å². The van der Waals surface area contributed by atoms with Crippen LogP contribution < -0.4 is 11.4 Å². The summed E-state index contributed by atoms with van der Waals surface area (Å²) < 4.78 is 1.72. The van der Waals surface area contributed by atoms with E-state index in [9.17, 15) is 4.79 Å². The molecule has 18 heavy (non-hydrogen) atoms. The molecule has 1 aliphatic rings. The van der Waals surface area contributed by atoms with Crippen molar-refractivity contribution in [2.45, 2.75) is 29.8 Å². The van der Waals surface area contributed by atoms with Crippen molar-refractivity contribution in [1.29, 1.82) is 0 Å². The Hall–Kier alpha value is -1.83. The van der Waals surface area contributed by atoms with E-state index in [1.165, 1.54) is 18.0 Å². The molecule has 3 rings (SSSR count). The number of aromatic amines is 1. The monoisotopic (exact) mass is 264 g/mol. The molecule has 0 spiro atoms. The Morgan fingerprint density at radius 3 is 2.94 bits per heavy atom. The molecule has 94 valence electrons. The largest absolute Gasteiger partial charge is 0.382 e. The Bertz CT molecular complexity index is 600. The van der Waals surface area contributed by atoms with Gasteiger partial charge in [0.15, 0.2) is 5.16 Å². The van der Waals surface area contributed by atoms with Crippen molar-refractivity contribution in [3.63, 3.8) is 0 Å². The van der Waals surface area contributed by atoms with Crippen molar-refractivity contribution in [1.82, 2.24) is 24.7 Å². The molecule has 1 fully saturated rings. The Kier molecular flexibility index (Phi) is 2.78. The summed E-state index contributed by atoms with van der Waals surface area (Å²) >= 11 is 1.47. The fraction of sp³-hybridized carbons (Fsp3) is 0.400. The number of nitrogen functional groups attached to an aromatic ring is 1. The molecule has 0 radical (unpaired) electrons. The second-order valence-corrected chi connectivity index (χ2v) is 5.08. The Labute approximate surface area is 107 Å². The zero-order valence-corrected chi connectivity index (χ0v) is 10.4. The number of nitrogens with two attached hydrogens (primary N) is 1. The molecule has 1 aliphatic carbocycles. The van der Waals surface area contributed by atoms with Crippen LogP contribution in [0.3, 0.4) is 0 Å². The first-order valence-electron chi connectivity index (χ1n) is 5.60. The van der Waals surface area contributed by atoms with Gasteiger partial charge in [0.1, 0.15) is 5.82 Å². The quantitative estimate of drug-likeness (QED) is 0.783. The number of hydrogen-bond donors (Lipinski definition) is 2. The summed E-state index contributed by atoms with van der Waals surface area (Å²) in [4.78, 5) is 19.7. The van der Waals surface area contributed by atoms with Crippen LogP contribution in [-0.4, -0.2) is 24.7 Å². The molecule has 0 saturated heterocycles.